The molecule has 74 valence electrons. The highest BCUT2D eigenvalue weighted by molar-refractivity contribution is 5.24. The van der Waals surface area contributed by atoms with Crippen molar-refractivity contribution in [3.63, 3.8) is 0 Å². The van der Waals surface area contributed by atoms with E-state index >= 15 is 0 Å². The summed E-state index contributed by atoms with van der Waals surface area (Å²) >= 11 is 0. The van der Waals surface area contributed by atoms with Crippen molar-refractivity contribution in [2.45, 2.75) is 25.6 Å². The van der Waals surface area contributed by atoms with Crippen LogP contribution in [-0.2, 0) is 0 Å². The van der Waals surface area contributed by atoms with Crippen LogP contribution in [0.15, 0.2) is 23.9 Å². The van der Waals surface area contributed by atoms with Crippen molar-refractivity contribution in [3.05, 3.63) is 23.9 Å². The van der Waals surface area contributed by atoms with Crippen molar-refractivity contribution in [3.8, 4) is 0 Å². The molecule has 1 unspecified atom stereocenters. The van der Waals surface area contributed by atoms with Gasteiger partial charge in [-0.05, 0) is 12.0 Å². The van der Waals surface area contributed by atoms with Gasteiger partial charge in [0.2, 0.25) is 0 Å². The summed E-state index contributed by atoms with van der Waals surface area (Å²) in [5, 5.41) is 0. The summed E-state index contributed by atoms with van der Waals surface area (Å²) in [6, 6.07) is -1.47. The number of hydrogen-bond donors (Lipinski definition) is 0. The Morgan fingerprint density at radius 3 is 2.46 bits per heavy atom. The Bertz CT molecular complexity index is 240. The van der Waals surface area contributed by atoms with Gasteiger partial charge in [0.25, 0.3) is 0 Å². The van der Waals surface area contributed by atoms with Crippen LogP contribution in [0.3, 0.4) is 0 Å². The molecule has 1 aliphatic rings. The molecule has 0 N–H and O–H groups in total. The lowest BCUT2D eigenvalue weighted by atomic mass is 10.1. The van der Waals surface area contributed by atoms with Crippen LogP contribution >= 0.6 is 0 Å². The van der Waals surface area contributed by atoms with Gasteiger partial charge in [0, 0.05) is 13.2 Å². The fourth-order valence-electron chi connectivity index (χ4n) is 1.28. The van der Waals surface area contributed by atoms with Crippen LogP contribution in [0.1, 0.15) is 13.3 Å². The van der Waals surface area contributed by atoms with Gasteiger partial charge in [-0.1, -0.05) is 19.1 Å². The number of rotatable bonds is 1. The third kappa shape index (κ3) is 2.26. The fraction of sp³-hybridized carbons (Fsp3) is 0.556. The minimum absolute atomic E-state index is 0.755. The zero-order chi connectivity index (χ0) is 10.1. The Labute approximate surface area is 75.5 Å². The van der Waals surface area contributed by atoms with Crippen LogP contribution in [0.2, 0.25) is 0 Å². The standard InChI is InChI=1S/C9H12F3N/c1-3-7-4-5-8(9(10,11)12)13(2)6-7/h4-6,8H,3H2,1-2H3. The highest BCUT2D eigenvalue weighted by Gasteiger charge is 2.40. The Kier molecular flexibility index (Phi) is 2.68. The molecule has 0 spiro atoms. The van der Waals surface area contributed by atoms with Crippen molar-refractivity contribution in [2.75, 3.05) is 7.05 Å². The number of halogens is 3. The van der Waals surface area contributed by atoms with Gasteiger partial charge in [-0.15, -0.1) is 0 Å². The third-order valence-electron chi connectivity index (χ3n) is 2.04. The van der Waals surface area contributed by atoms with Gasteiger partial charge in [0.15, 0.2) is 0 Å². The quantitative estimate of drug-likeness (QED) is 0.616. The predicted octanol–water partition coefficient (Wildman–Crippen LogP) is 2.71. The molecule has 0 amide bonds. The van der Waals surface area contributed by atoms with Crippen LogP contribution in [-0.4, -0.2) is 24.2 Å². The second-order valence-electron chi connectivity index (χ2n) is 3.07. The highest BCUT2D eigenvalue weighted by atomic mass is 19.4. The van der Waals surface area contributed by atoms with Crippen LogP contribution in [0.5, 0.6) is 0 Å². The molecule has 1 heterocycles. The third-order valence-corrected chi connectivity index (χ3v) is 2.04. The molecule has 0 bridgehead atoms. The van der Waals surface area contributed by atoms with E-state index in [-0.39, 0.29) is 0 Å². The lowest BCUT2D eigenvalue weighted by molar-refractivity contribution is -0.161. The Morgan fingerprint density at radius 2 is 2.08 bits per heavy atom. The van der Waals surface area contributed by atoms with E-state index in [1.54, 1.807) is 0 Å². The minimum atomic E-state index is -4.18. The normalized spacial score (nSPS) is 23.3. The maximum atomic E-state index is 12.3. The molecule has 1 rings (SSSR count). The number of nitrogens with zero attached hydrogens (tertiary/aromatic N) is 1. The molecule has 0 aromatic heterocycles. The first-order valence-corrected chi connectivity index (χ1v) is 4.12. The van der Waals surface area contributed by atoms with E-state index in [0.29, 0.717) is 0 Å². The molecule has 0 saturated carbocycles. The first-order chi connectivity index (χ1) is 5.95. The van der Waals surface area contributed by atoms with Crippen molar-refractivity contribution in [1.29, 1.82) is 0 Å². The lowest BCUT2D eigenvalue weighted by Gasteiger charge is -2.29. The van der Waals surface area contributed by atoms with Gasteiger partial charge >= 0.3 is 6.18 Å². The molecule has 0 aromatic carbocycles. The van der Waals surface area contributed by atoms with E-state index in [1.807, 2.05) is 6.92 Å². The summed E-state index contributed by atoms with van der Waals surface area (Å²) in [5.41, 5.74) is 0.919. The summed E-state index contributed by atoms with van der Waals surface area (Å²) in [5.74, 6) is 0. The second-order valence-corrected chi connectivity index (χ2v) is 3.07. The van der Waals surface area contributed by atoms with Crippen LogP contribution in [0, 0.1) is 0 Å². The Hall–Kier alpha value is -0.930. The van der Waals surface area contributed by atoms with Crippen molar-refractivity contribution in [1.82, 2.24) is 4.90 Å². The molecular formula is C9H12F3N. The van der Waals surface area contributed by atoms with Gasteiger partial charge in [0.05, 0.1) is 0 Å². The summed E-state index contributed by atoms with van der Waals surface area (Å²) < 4.78 is 36.9. The van der Waals surface area contributed by atoms with Gasteiger partial charge in [-0.2, -0.15) is 13.2 Å². The molecule has 0 saturated heterocycles. The summed E-state index contributed by atoms with van der Waals surface area (Å²) in [6.45, 7) is 1.91. The van der Waals surface area contributed by atoms with Gasteiger partial charge in [0.1, 0.15) is 6.04 Å². The fourth-order valence-corrected chi connectivity index (χ4v) is 1.28. The van der Waals surface area contributed by atoms with Crippen molar-refractivity contribution >= 4 is 0 Å². The van der Waals surface area contributed by atoms with E-state index in [1.165, 1.54) is 30.3 Å². The molecule has 13 heavy (non-hydrogen) atoms. The second kappa shape index (κ2) is 3.44. The van der Waals surface area contributed by atoms with Crippen LogP contribution in [0.4, 0.5) is 13.2 Å². The van der Waals surface area contributed by atoms with E-state index in [0.717, 1.165) is 12.0 Å². The van der Waals surface area contributed by atoms with Crippen molar-refractivity contribution < 1.29 is 13.2 Å². The first kappa shape index (κ1) is 10.2. The smallest absolute Gasteiger partial charge is 0.366 e. The minimum Gasteiger partial charge on any atom is -0.366 e. The molecule has 0 fully saturated rings. The summed E-state index contributed by atoms with van der Waals surface area (Å²) in [4.78, 5) is 1.19. The zero-order valence-electron chi connectivity index (χ0n) is 7.60. The number of allylic oxidation sites excluding steroid dienone is 2. The lowest BCUT2D eigenvalue weighted by Crippen LogP contribution is -2.40. The number of hydrogen-bond acceptors (Lipinski definition) is 1. The van der Waals surface area contributed by atoms with Gasteiger partial charge in [-0.3, -0.25) is 0 Å². The first-order valence-electron chi connectivity index (χ1n) is 4.12. The highest BCUT2D eigenvalue weighted by Crippen LogP contribution is 2.28. The predicted molar refractivity (Wildman–Crippen MR) is 45.1 cm³/mol. The SMILES string of the molecule is CCC1=CN(C)C(C(F)(F)F)C=C1. The molecule has 0 aromatic rings. The molecule has 1 aliphatic heterocycles. The Morgan fingerprint density at radius 1 is 1.46 bits per heavy atom. The average Bonchev–Trinajstić information content (AvgIpc) is 2.01. The Balaban J connectivity index is 2.78. The van der Waals surface area contributed by atoms with E-state index in [9.17, 15) is 13.2 Å². The monoisotopic (exact) mass is 191 g/mol. The summed E-state index contributed by atoms with van der Waals surface area (Å²) in [7, 11) is 1.44. The van der Waals surface area contributed by atoms with Gasteiger partial charge in [-0.25, -0.2) is 0 Å². The number of alkyl halides is 3. The number of likely N-dealkylation sites (N-methyl/N-ethyl adjacent to an activating group) is 1. The molecule has 1 nitrogen and oxygen atoms in total. The van der Waals surface area contributed by atoms with Crippen LogP contribution in [0.25, 0.3) is 0 Å². The van der Waals surface area contributed by atoms with E-state index in [4.69, 9.17) is 0 Å². The molecule has 0 radical (unpaired) electrons. The zero-order valence-corrected chi connectivity index (χ0v) is 7.60. The molecule has 0 aliphatic carbocycles. The molecule has 4 heteroatoms. The van der Waals surface area contributed by atoms with Crippen molar-refractivity contribution in [2.24, 2.45) is 0 Å². The average molecular weight is 191 g/mol. The largest absolute Gasteiger partial charge is 0.412 e. The van der Waals surface area contributed by atoms with Gasteiger partial charge < -0.3 is 4.90 Å². The topological polar surface area (TPSA) is 3.24 Å². The molecule has 1 atom stereocenters. The maximum Gasteiger partial charge on any atom is 0.412 e. The summed E-state index contributed by atoms with van der Waals surface area (Å²) in [6.07, 6.45) is 0.849. The van der Waals surface area contributed by atoms with Crippen LogP contribution < -0.4 is 0 Å². The van der Waals surface area contributed by atoms with E-state index < -0.39 is 12.2 Å². The molecular weight excluding hydrogens is 179 g/mol. The van der Waals surface area contributed by atoms with E-state index in [2.05, 4.69) is 0 Å². The maximum absolute atomic E-state index is 12.3.